The number of fused-ring (bicyclic) bond motifs is 1. The first-order valence-corrected chi connectivity index (χ1v) is 10.4. The maximum Gasteiger partial charge on any atom is 0.326 e. The van der Waals surface area contributed by atoms with Crippen LogP contribution in [0.1, 0.15) is 40.2 Å². The van der Waals surface area contributed by atoms with Gasteiger partial charge in [-0.25, -0.2) is 4.79 Å². The van der Waals surface area contributed by atoms with Gasteiger partial charge in [0.2, 0.25) is 5.95 Å². The third kappa shape index (κ3) is 5.78. The van der Waals surface area contributed by atoms with Crippen LogP contribution < -0.4 is 22.1 Å². The normalized spacial score (nSPS) is 16.1. The number of carboxylic acid groups (broad SMARTS) is 2. The zero-order valence-corrected chi connectivity index (χ0v) is 17.3. The number of rotatable bonds is 9. The van der Waals surface area contributed by atoms with Crippen molar-refractivity contribution in [3.05, 3.63) is 22.2 Å². The molecular weight excluding hydrogens is 426 g/mol. The number of nitrogens with one attached hydrogen (secondary N) is 2. The molecule has 2 aromatic heterocycles. The predicted octanol–water partition coefficient (Wildman–Crippen LogP) is 0.362. The van der Waals surface area contributed by atoms with Crippen molar-refractivity contribution in [2.24, 2.45) is 5.92 Å². The minimum atomic E-state index is -1.29. The fourth-order valence-corrected chi connectivity index (χ4v) is 4.04. The van der Waals surface area contributed by atoms with Gasteiger partial charge in [0.25, 0.3) is 5.91 Å². The van der Waals surface area contributed by atoms with Crippen LogP contribution in [0, 0.1) is 5.92 Å². The lowest BCUT2D eigenvalue weighted by Gasteiger charge is -2.25. The fourth-order valence-electron chi connectivity index (χ4n) is 3.31. The van der Waals surface area contributed by atoms with Gasteiger partial charge in [-0.3, -0.25) is 9.59 Å². The quantitative estimate of drug-likeness (QED) is 0.308. The van der Waals surface area contributed by atoms with E-state index in [4.69, 9.17) is 21.7 Å². The van der Waals surface area contributed by atoms with Crippen LogP contribution in [0.5, 0.6) is 0 Å². The van der Waals surface area contributed by atoms with E-state index < -0.39 is 23.9 Å². The molecule has 2 atom stereocenters. The van der Waals surface area contributed by atoms with E-state index >= 15 is 0 Å². The van der Waals surface area contributed by atoms with E-state index in [0.717, 1.165) is 16.9 Å². The lowest BCUT2D eigenvalue weighted by Crippen LogP contribution is -2.41. The Morgan fingerprint density at radius 1 is 1.29 bits per heavy atom. The van der Waals surface area contributed by atoms with E-state index in [1.54, 1.807) is 6.07 Å². The monoisotopic (exact) mass is 449 g/mol. The number of aryl methyl sites for hydroxylation is 1. The molecule has 0 bridgehead atoms. The standard InChI is InChI=1S/C18H23N7O5S/c19-14-10-5-8(7-21-15(10)24-18(20)23-14)1-2-9-6-12(25-31-9)16(28)22-11(17(29)30)3-4-13(26)27/h6,8,11H,1-5,7H2,(H,22,28)(H,26,27)(H,29,30)(H5,19,20,21,23,24)/t8?,11-/m0/s1. The van der Waals surface area contributed by atoms with Crippen LogP contribution in [0.3, 0.4) is 0 Å². The number of nitrogens with two attached hydrogens (primary N) is 2. The smallest absolute Gasteiger partial charge is 0.326 e. The van der Waals surface area contributed by atoms with E-state index in [1.165, 1.54) is 11.5 Å². The zero-order valence-electron chi connectivity index (χ0n) is 16.5. The van der Waals surface area contributed by atoms with E-state index in [9.17, 15) is 14.4 Å². The average molecular weight is 449 g/mol. The number of anilines is 3. The number of aromatic nitrogens is 3. The second-order valence-electron chi connectivity index (χ2n) is 7.26. The van der Waals surface area contributed by atoms with Crippen molar-refractivity contribution in [2.45, 2.75) is 38.1 Å². The molecule has 0 fully saturated rings. The summed E-state index contributed by atoms with van der Waals surface area (Å²) in [6.07, 6.45) is 1.65. The summed E-state index contributed by atoms with van der Waals surface area (Å²) >= 11 is 1.17. The topological polar surface area (TPSA) is 206 Å². The Morgan fingerprint density at radius 2 is 2.06 bits per heavy atom. The number of aliphatic carboxylic acids is 2. The molecule has 1 unspecified atom stereocenters. The number of carbonyl (C=O) groups excluding carboxylic acids is 1. The van der Waals surface area contributed by atoms with Crippen LogP contribution in [0.25, 0.3) is 0 Å². The minimum Gasteiger partial charge on any atom is -0.481 e. The Labute approximate surface area is 181 Å². The lowest BCUT2D eigenvalue weighted by atomic mass is 9.92. The van der Waals surface area contributed by atoms with Crippen molar-refractivity contribution in [2.75, 3.05) is 23.3 Å². The highest BCUT2D eigenvalue weighted by Gasteiger charge is 2.24. The first kappa shape index (κ1) is 22.2. The van der Waals surface area contributed by atoms with Gasteiger partial charge in [-0.2, -0.15) is 14.3 Å². The lowest BCUT2D eigenvalue weighted by molar-refractivity contribution is -0.140. The van der Waals surface area contributed by atoms with E-state index in [1.807, 2.05) is 0 Å². The maximum absolute atomic E-state index is 12.3. The molecule has 13 heteroatoms. The molecule has 166 valence electrons. The van der Waals surface area contributed by atoms with Crippen LogP contribution >= 0.6 is 11.5 Å². The molecule has 1 aliphatic heterocycles. The van der Waals surface area contributed by atoms with Gasteiger partial charge in [0, 0.05) is 23.4 Å². The number of carboxylic acids is 2. The number of amides is 1. The minimum absolute atomic E-state index is 0.113. The molecule has 2 aromatic rings. The third-order valence-corrected chi connectivity index (χ3v) is 5.79. The summed E-state index contributed by atoms with van der Waals surface area (Å²) in [7, 11) is 0. The molecule has 3 rings (SSSR count). The largest absolute Gasteiger partial charge is 0.481 e. The van der Waals surface area contributed by atoms with Crippen molar-refractivity contribution < 1.29 is 24.6 Å². The molecule has 1 amide bonds. The van der Waals surface area contributed by atoms with Gasteiger partial charge in [-0.05, 0) is 49.2 Å². The van der Waals surface area contributed by atoms with Gasteiger partial charge in [0.15, 0.2) is 0 Å². The number of nitrogens with zero attached hydrogens (tertiary/aromatic N) is 3. The van der Waals surface area contributed by atoms with Crippen LogP contribution in [-0.2, 0) is 22.4 Å². The average Bonchev–Trinajstić information content (AvgIpc) is 3.18. The van der Waals surface area contributed by atoms with Crippen molar-refractivity contribution in [1.29, 1.82) is 0 Å². The highest BCUT2D eigenvalue weighted by Crippen LogP contribution is 2.29. The van der Waals surface area contributed by atoms with Gasteiger partial charge < -0.3 is 32.3 Å². The SMILES string of the molecule is Nc1nc(N)c2c(n1)NCC(CCc1cc(C(=O)N[C@@H](CCC(=O)O)C(=O)O)ns1)C2. The van der Waals surface area contributed by atoms with Crippen molar-refractivity contribution in [3.8, 4) is 0 Å². The molecule has 1 aliphatic rings. The third-order valence-electron chi connectivity index (χ3n) is 4.95. The molecular formula is C18H23N7O5S. The summed E-state index contributed by atoms with van der Waals surface area (Å²) in [5, 5.41) is 23.4. The van der Waals surface area contributed by atoms with Crippen LogP contribution in [0.2, 0.25) is 0 Å². The summed E-state index contributed by atoms with van der Waals surface area (Å²) in [6, 6.07) is 0.335. The second-order valence-corrected chi connectivity index (χ2v) is 8.15. The molecule has 31 heavy (non-hydrogen) atoms. The number of hydrogen-bond acceptors (Lipinski definition) is 10. The molecule has 0 aromatic carbocycles. The Bertz CT molecular complexity index is 996. The van der Waals surface area contributed by atoms with E-state index in [2.05, 4.69) is 25.0 Å². The van der Waals surface area contributed by atoms with Crippen molar-refractivity contribution in [1.82, 2.24) is 19.7 Å². The maximum atomic E-state index is 12.3. The van der Waals surface area contributed by atoms with E-state index in [-0.39, 0.29) is 30.4 Å². The Hall–Kier alpha value is -3.48. The number of carbonyl (C=O) groups is 3. The van der Waals surface area contributed by atoms with Gasteiger partial charge in [0.1, 0.15) is 23.4 Å². The van der Waals surface area contributed by atoms with Crippen LogP contribution in [-0.4, -0.2) is 55.0 Å². The van der Waals surface area contributed by atoms with Gasteiger partial charge >= 0.3 is 11.9 Å². The molecule has 12 nitrogen and oxygen atoms in total. The Morgan fingerprint density at radius 3 is 2.77 bits per heavy atom. The van der Waals surface area contributed by atoms with Crippen LogP contribution in [0.4, 0.5) is 17.6 Å². The summed E-state index contributed by atoms with van der Waals surface area (Å²) < 4.78 is 4.10. The molecule has 0 spiro atoms. The highest BCUT2D eigenvalue weighted by atomic mass is 32.1. The van der Waals surface area contributed by atoms with Crippen molar-refractivity contribution >= 4 is 47.0 Å². The molecule has 0 saturated heterocycles. The first-order valence-electron chi connectivity index (χ1n) is 9.59. The summed E-state index contributed by atoms with van der Waals surface area (Å²) in [4.78, 5) is 43.2. The van der Waals surface area contributed by atoms with Crippen molar-refractivity contribution in [3.63, 3.8) is 0 Å². The number of nitrogen functional groups attached to an aromatic ring is 2. The second kappa shape index (κ2) is 9.55. The highest BCUT2D eigenvalue weighted by molar-refractivity contribution is 7.05. The molecule has 0 radical (unpaired) electrons. The predicted molar refractivity (Wildman–Crippen MR) is 113 cm³/mol. The van der Waals surface area contributed by atoms with Crippen LogP contribution in [0.15, 0.2) is 6.07 Å². The fraction of sp³-hybridized carbons (Fsp3) is 0.444. The Balaban J connectivity index is 1.54. The molecule has 8 N–H and O–H groups in total. The molecule has 3 heterocycles. The van der Waals surface area contributed by atoms with Gasteiger partial charge in [0.05, 0.1) is 0 Å². The first-order chi connectivity index (χ1) is 14.7. The van der Waals surface area contributed by atoms with Gasteiger partial charge in [-0.15, -0.1) is 0 Å². The molecule has 0 saturated carbocycles. The zero-order chi connectivity index (χ0) is 22.5. The van der Waals surface area contributed by atoms with Gasteiger partial charge in [-0.1, -0.05) is 0 Å². The van der Waals surface area contributed by atoms with E-state index in [0.29, 0.717) is 31.0 Å². The summed E-state index contributed by atoms with van der Waals surface area (Å²) in [5.41, 5.74) is 12.5. The molecule has 0 aliphatic carbocycles. The summed E-state index contributed by atoms with van der Waals surface area (Å²) in [5.74, 6) is -1.62. The Kier molecular flexibility index (Phi) is 6.84. The number of hydrogen-bond donors (Lipinski definition) is 6. The summed E-state index contributed by atoms with van der Waals surface area (Å²) in [6.45, 7) is 0.707.